The normalized spacial score (nSPS) is 10.9. The van der Waals surface area contributed by atoms with E-state index in [0.717, 1.165) is 11.2 Å². The molecule has 1 aromatic carbocycles. The third kappa shape index (κ3) is 2.97. The van der Waals surface area contributed by atoms with Crippen molar-refractivity contribution in [1.82, 2.24) is 30.0 Å². The quantitative estimate of drug-likeness (QED) is 0.612. The first-order chi connectivity index (χ1) is 12.2. The van der Waals surface area contributed by atoms with Crippen LogP contribution in [0.2, 0.25) is 0 Å². The molecule has 0 aliphatic rings. The van der Waals surface area contributed by atoms with Crippen LogP contribution >= 0.6 is 0 Å². The molecule has 4 rings (SSSR count). The number of amides is 1. The van der Waals surface area contributed by atoms with Crippen LogP contribution in [-0.4, -0.2) is 30.6 Å². The number of aryl methyl sites for hydroxylation is 1. The predicted molar refractivity (Wildman–Crippen MR) is 89.4 cm³/mol. The van der Waals surface area contributed by atoms with E-state index >= 15 is 0 Å². The lowest BCUT2D eigenvalue weighted by Gasteiger charge is -2.02. The van der Waals surface area contributed by atoms with Crippen molar-refractivity contribution in [3.8, 4) is 11.5 Å². The van der Waals surface area contributed by atoms with E-state index in [9.17, 15) is 4.79 Å². The highest BCUT2D eigenvalue weighted by Gasteiger charge is 2.13. The summed E-state index contributed by atoms with van der Waals surface area (Å²) < 4.78 is 7.06. The summed E-state index contributed by atoms with van der Waals surface area (Å²) >= 11 is 0. The second kappa shape index (κ2) is 6.16. The zero-order valence-electron chi connectivity index (χ0n) is 13.4. The van der Waals surface area contributed by atoms with Crippen LogP contribution in [0.5, 0.6) is 0 Å². The molecule has 0 aliphatic heterocycles. The molecule has 0 atom stereocenters. The van der Waals surface area contributed by atoms with Gasteiger partial charge in [-0.3, -0.25) is 9.78 Å². The van der Waals surface area contributed by atoms with Gasteiger partial charge in [-0.1, -0.05) is 17.3 Å². The van der Waals surface area contributed by atoms with Crippen LogP contribution < -0.4 is 5.32 Å². The fourth-order valence-electron chi connectivity index (χ4n) is 2.44. The van der Waals surface area contributed by atoms with E-state index in [0.29, 0.717) is 17.2 Å². The Morgan fingerprint density at radius 2 is 2.00 bits per heavy atom. The second-order valence-corrected chi connectivity index (χ2v) is 5.44. The van der Waals surface area contributed by atoms with Crippen molar-refractivity contribution in [2.24, 2.45) is 7.05 Å². The molecule has 3 aromatic heterocycles. The molecule has 0 bridgehead atoms. The molecule has 25 heavy (non-hydrogen) atoms. The number of hydrogen-bond acceptors (Lipinski definition) is 6. The molecule has 0 spiro atoms. The molecular weight excluding hydrogens is 320 g/mol. The lowest BCUT2D eigenvalue weighted by molar-refractivity contribution is 0.0941. The van der Waals surface area contributed by atoms with Gasteiger partial charge in [-0.2, -0.15) is 4.98 Å². The molecule has 8 heteroatoms. The van der Waals surface area contributed by atoms with Crippen LogP contribution in [0.1, 0.15) is 16.4 Å². The number of benzene rings is 1. The topological polar surface area (TPSA) is 98.7 Å². The van der Waals surface area contributed by atoms with Crippen molar-refractivity contribution in [3.05, 3.63) is 60.4 Å². The van der Waals surface area contributed by atoms with Crippen LogP contribution in [0.25, 0.3) is 22.6 Å². The number of nitrogens with zero attached hydrogens (tertiary/aromatic N) is 5. The Balaban J connectivity index is 1.46. The lowest BCUT2D eigenvalue weighted by atomic mass is 10.3. The minimum absolute atomic E-state index is 0.116. The Hall–Kier alpha value is -3.55. The first-order valence-corrected chi connectivity index (χ1v) is 7.65. The van der Waals surface area contributed by atoms with Gasteiger partial charge >= 0.3 is 0 Å². The summed E-state index contributed by atoms with van der Waals surface area (Å²) in [6, 6.07) is 11.2. The van der Waals surface area contributed by atoms with Crippen molar-refractivity contribution in [3.63, 3.8) is 0 Å². The highest BCUT2D eigenvalue weighted by Crippen LogP contribution is 2.15. The van der Waals surface area contributed by atoms with Gasteiger partial charge in [-0.15, -0.1) is 0 Å². The second-order valence-electron chi connectivity index (χ2n) is 5.44. The molecule has 8 nitrogen and oxygen atoms in total. The van der Waals surface area contributed by atoms with Gasteiger partial charge in [0, 0.05) is 13.2 Å². The number of carbonyl (C=O) groups is 1. The van der Waals surface area contributed by atoms with Gasteiger partial charge in [0.15, 0.2) is 0 Å². The average molecular weight is 334 g/mol. The van der Waals surface area contributed by atoms with Gasteiger partial charge in [0.25, 0.3) is 5.91 Å². The lowest BCUT2D eigenvalue weighted by Crippen LogP contribution is -2.24. The molecule has 1 amide bonds. The van der Waals surface area contributed by atoms with Crippen molar-refractivity contribution in [2.75, 3.05) is 0 Å². The molecule has 0 aliphatic carbocycles. The number of para-hydroxylation sites is 2. The first kappa shape index (κ1) is 15.0. The van der Waals surface area contributed by atoms with Crippen LogP contribution in [-0.2, 0) is 13.6 Å². The number of hydrogen-bond donors (Lipinski definition) is 1. The minimum Gasteiger partial charge on any atom is -0.348 e. The van der Waals surface area contributed by atoms with Crippen LogP contribution in [0.15, 0.2) is 53.3 Å². The molecule has 0 radical (unpaired) electrons. The summed E-state index contributed by atoms with van der Waals surface area (Å²) in [7, 11) is 1.89. The summed E-state index contributed by atoms with van der Waals surface area (Å²) in [5.74, 6) is 0.442. The maximum atomic E-state index is 12.2. The monoisotopic (exact) mass is 334 g/mol. The van der Waals surface area contributed by atoms with Crippen molar-refractivity contribution < 1.29 is 9.32 Å². The van der Waals surface area contributed by atoms with Gasteiger partial charge in [0.1, 0.15) is 5.69 Å². The Kier molecular flexibility index (Phi) is 3.70. The third-order valence-electron chi connectivity index (χ3n) is 3.72. The fourth-order valence-corrected chi connectivity index (χ4v) is 2.44. The molecular formula is C17H14N6O2. The Bertz CT molecular complexity index is 1050. The number of rotatable bonds is 4. The average Bonchev–Trinajstić information content (AvgIpc) is 3.27. The van der Waals surface area contributed by atoms with Gasteiger partial charge in [0.2, 0.25) is 11.7 Å². The van der Waals surface area contributed by atoms with Crippen molar-refractivity contribution in [1.29, 1.82) is 0 Å². The Morgan fingerprint density at radius 3 is 2.80 bits per heavy atom. The molecule has 0 saturated heterocycles. The van der Waals surface area contributed by atoms with E-state index in [1.54, 1.807) is 0 Å². The highest BCUT2D eigenvalue weighted by molar-refractivity contribution is 5.93. The standard InChI is InChI=1S/C17H14N6O2/c1-23-8-4-7-14(23)16-21-15(25-22-16)10-19-17(24)13-9-18-11-5-2-3-6-12(11)20-13/h2-9H,10H2,1H3,(H,19,24). The van der Waals surface area contributed by atoms with Gasteiger partial charge in [-0.05, 0) is 24.3 Å². The number of carbonyl (C=O) groups excluding carboxylic acids is 1. The van der Waals surface area contributed by atoms with Crippen molar-refractivity contribution in [2.45, 2.75) is 6.54 Å². The Morgan fingerprint density at radius 1 is 1.16 bits per heavy atom. The molecule has 0 fully saturated rings. The van der Waals surface area contributed by atoms with E-state index in [2.05, 4.69) is 25.4 Å². The van der Waals surface area contributed by atoms with Gasteiger partial charge < -0.3 is 14.4 Å². The number of nitrogens with one attached hydrogen (secondary N) is 1. The molecule has 124 valence electrons. The minimum atomic E-state index is -0.350. The van der Waals surface area contributed by atoms with E-state index in [-0.39, 0.29) is 18.1 Å². The van der Waals surface area contributed by atoms with Gasteiger partial charge in [-0.25, -0.2) is 4.98 Å². The molecule has 0 saturated carbocycles. The zero-order chi connectivity index (χ0) is 17.2. The smallest absolute Gasteiger partial charge is 0.271 e. The fraction of sp³-hybridized carbons (Fsp3) is 0.118. The maximum Gasteiger partial charge on any atom is 0.271 e. The highest BCUT2D eigenvalue weighted by atomic mass is 16.5. The largest absolute Gasteiger partial charge is 0.348 e. The number of aromatic nitrogens is 5. The first-order valence-electron chi connectivity index (χ1n) is 7.65. The molecule has 4 aromatic rings. The zero-order valence-corrected chi connectivity index (χ0v) is 13.4. The molecule has 1 N–H and O–H groups in total. The van der Waals surface area contributed by atoms with E-state index in [1.165, 1.54) is 6.20 Å². The van der Waals surface area contributed by atoms with Gasteiger partial charge in [0.05, 0.1) is 29.5 Å². The predicted octanol–water partition coefficient (Wildman–Crippen LogP) is 1.95. The Labute approximate surface area is 142 Å². The van der Waals surface area contributed by atoms with Crippen LogP contribution in [0.3, 0.4) is 0 Å². The molecule has 0 unspecified atom stereocenters. The maximum absolute atomic E-state index is 12.2. The molecule has 3 heterocycles. The van der Waals surface area contributed by atoms with E-state index < -0.39 is 0 Å². The van der Waals surface area contributed by atoms with Crippen LogP contribution in [0.4, 0.5) is 0 Å². The van der Waals surface area contributed by atoms with Crippen LogP contribution in [0, 0.1) is 0 Å². The summed E-state index contributed by atoms with van der Waals surface area (Å²) in [5.41, 5.74) is 2.48. The summed E-state index contributed by atoms with van der Waals surface area (Å²) in [6.45, 7) is 0.116. The van der Waals surface area contributed by atoms with E-state index in [1.807, 2.05) is 54.2 Å². The SMILES string of the molecule is Cn1cccc1-c1noc(CNC(=O)c2cnc3ccccc3n2)n1. The van der Waals surface area contributed by atoms with E-state index in [4.69, 9.17) is 4.52 Å². The third-order valence-corrected chi connectivity index (χ3v) is 3.72. The summed E-state index contributed by atoms with van der Waals surface area (Å²) in [4.78, 5) is 25.1. The summed E-state index contributed by atoms with van der Waals surface area (Å²) in [5, 5.41) is 6.63. The summed E-state index contributed by atoms with van der Waals surface area (Å²) in [6.07, 6.45) is 3.34. The number of fused-ring (bicyclic) bond motifs is 1. The van der Waals surface area contributed by atoms with Crippen molar-refractivity contribution >= 4 is 16.9 Å².